The highest BCUT2D eigenvalue weighted by atomic mass is 14.8. The van der Waals surface area contributed by atoms with Crippen LogP contribution in [0.25, 0.3) is 11.3 Å². The Labute approximate surface area is 95.4 Å². The Kier molecular flexibility index (Phi) is 3.27. The lowest BCUT2D eigenvalue weighted by Gasteiger charge is -2.06. The third kappa shape index (κ3) is 2.25. The van der Waals surface area contributed by atoms with Crippen molar-refractivity contribution < 1.29 is 0 Å². The number of nitrogens with zero attached hydrogens (tertiary/aromatic N) is 2. The molecule has 2 N–H and O–H groups in total. The van der Waals surface area contributed by atoms with E-state index in [1.54, 1.807) is 6.20 Å². The van der Waals surface area contributed by atoms with Crippen LogP contribution in [0, 0.1) is 6.92 Å². The zero-order chi connectivity index (χ0) is 11.4. The molecule has 0 saturated heterocycles. The molecule has 0 amide bonds. The summed E-state index contributed by atoms with van der Waals surface area (Å²) in [6.45, 7) is 2.58. The van der Waals surface area contributed by atoms with Gasteiger partial charge in [-0.3, -0.25) is 4.98 Å². The van der Waals surface area contributed by atoms with E-state index >= 15 is 0 Å². The van der Waals surface area contributed by atoms with Crippen molar-refractivity contribution in [1.29, 1.82) is 0 Å². The van der Waals surface area contributed by atoms with Gasteiger partial charge in [0, 0.05) is 18.2 Å². The lowest BCUT2D eigenvalue weighted by molar-refractivity contribution is 0.902. The average Bonchev–Trinajstić information content (AvgIpc) is 2.33. The second-order valence-corrected chi connectivity index (χ2v) is 3.70. The van der Waals surface area contributed by atoms with E-state index in [4.69, 9.17) is 5.73 Å². The third-order valence-corrected chi connectivity index (χ3v) is 2.45. The summed E-state index contributed by atoms with van der Waals surface area (Å²) < 4.78 is 0. The molecule has 0 atom stereocenters. The standard InChI is InChI=1S/C13H15N3/c1-10-13(11-5-3-2-4-6-11)16-12(7-8-14)9-15-10/h2-6,9H,7-8,14H2,1H3. The summed E-state index contributed by atoms with van der Waals surface area (Å²) in [7, 11) is 0. The average molecular weight is 213 g/mol. The number of hydrogen-bond donors (Lipinski definition) is 1. The number of hydrogen-bond acceptors (Lipinski definition) is 3. The third-order valence-electron chi connectivity index (χ3n) is 2.45. The van der Waals surface area contributed by atoms with Gasteiger partial charge in [-0.15, -0.1) is 0 Å². The van der Waals surface area contributed by atoms with Gasteiger partial charge in [-0.1, -0.05) is 30.3 Å². The lowest BCUT2D eigenvalue weighted by Crippen LogP contribution is -2.06. The first kappa shape index (κ1) is 10.8. The Balaban J connectivity index is 2.43. The zero-order valence-corrected chi connectivity index (χ0v) is 9.35. The molecule has 0 bridgehead atoms. The van der Waals surface area contributed by atoms with Gasteiger partial charge >= 0.3 is 0 Å². The van der Waals surface area contributed by atoms with Crippen molar-refractivity contribution in [3.63, 3.8) is 0 Å². The van der Waals surface area contributed by atoms with Crippen molar-refractivity contribution in [2.75, 3.05) is 6.54 Å². The topological polar surface area (TPSA) is 51.8 Å². The molecular formula is C13H15N3. The highest BCUT2D eigenvalue weighted by Crippen LogP contribution is 2.19. The molecular weight excluding hydrogens is 198 g/mol. The maximum atomic E-state index is 5.52. The molecule has 0 unspecified atom stereocenters. The largest absolute Gasteiger partial charge is 0.330 e. The van der Waals surface area contributed by atoms with Crippen molar-refractivity contribution in [3.8, 4) is 11.3 Å². The highest BCUT2D eigenvalue weighted by Gasteiger charge is 2.05. The van der Waals surface area contributed by atoms with Crippen LogP contribution in [-0.2, 0) is 6.42 Å². The number of aryl methyl sites for hydroxylation is 1. The van der Waals surface area contributed by atoms with Crippen molar-refractivity contribution in [2.24, 2.45) is 5.73 Å². The molecule has 1 heterocycles. The second-order valence-electron chi connectivity index (χ2n) is 3.70. The molecule has 0 aliphatic heterocycles. The van der Waals surface area contributed by atoms with Crippen LogP contribution in [0.15, 0.2) is 36.5 Å². The van der Waals surface area contributed by atoms with E-state index < -0.39 is 0 Å². The summed E-state index contributed by atoms with van der Waals surface area (Å²) >= 11 is 0. The fourth-order valence-electron chi connectivity index (χ4n) is 1.62. The van der Waals surface area contributed by atoms with E-state index in [9.17, 15) is 0 Å². The maximum Gasteiger partial charge on any atom is 0.0917 e. The van der Waals surface area contributed by atoms with E-state index in [1.165, 1.54) is 0 Å². The van der Waals surface area contributed by atoms with Crippen LogP contribution in [0.3, 0.4) is 0 Å². The molecule has 2 aromatic rings. The number of benzene rings is 1. The monoisotopic (exact) mass is 213 g/mol. The Morgan fingerprint density at radius 3 is 2.62 bits per heavy atom. The van der Waals surface area contributed by atoms with Crippen LogP contribution in [-0.4, -0.2) is 16.5 Å². The lowest BCUT2D eigenvalue weighted by atomic mass is 10.1. The van der Waals surface area contributed by atoms with Crippen LogP contribution in [0.4, 0.5) is 0 Å². The normalized spacial score (nSPS) is 10.4. The van der Waals surface area contributed by atoms with E-state index in [1.807, 2.05) is 37.3 Å². The summed E-state index contributed by atoms with van der Waals surface area (Å²) in [5, 5.41) is 0. The molecule has 0 aliphatic rings. The van der Waals surface area contributed by atoms with Gasteiger partial charge in [-0.25, -0.2) is 4.98 Å². The Morgan fingerprint density at radius 2 is 1.94 bits per heavy atom. The van der Waals surface area contributed by atoms with Crippen molar-refractivity contribution in [2.45, 2.75) is 13.3 Å². The van der Waals surface area contributed by atoms with E-state index in [2.05, 4.69) is 9.97 Å². The van der Waals surface area contributed by atoms with Gasteiger partial charge in [0.2, 0.25) is 0 Å². The Hall–Kier alpha value is -1.74. The minimum absolute atomic E-state index is 0.603. The van der Waals surface area contributed by atoms with Gasteiger partial charge in [0.1, 0.15) is 0 Å². The number of aromatic nitrogens is 2. The number of nitrogens with two attached hydrogens (primary N) is 1. The van der Waals surface area contributed by atoms with Gasteiger partial charge in [0.25, 0.3) is 0 Å². The molecule has 2 rings (SSSR count). The first-order valence-electron chi connectivity index (χ1n) is 5.39. The summed E-state index contributed by atoms with van der Waals surface area (Å²) in [6, 6.07) is 10.1. The molecule has 3 heteroatoms. The van der Waals surface area contributed by atoms with Gasteiger partial charge < -0.3 is 5.73 Å². The maximum absolute atomic E-state index is 5.52. The molecule has 0 radical (unpaired) electrons. The van der Waals surface area contributed by atoms with E-state index in [0.29, 0.717) is 6.54 Å². The summed E-state index contributed by atoms with van der Waals surface area (Å²) in [5.74, 6) is 0. The van der Waals surface area contributed by atoms with Gasteiger partial charge in [0.15, 0.2) is 0 Å². The van der Waals surface area contributed by atoms with Crippen LogP contribution in [0.5, 0.6) is 0 Å². The molecule has 0 saturated carbocycles. The summed E-state index contributed by atoms with van der Waals surface area (Å²) in [4.78, 5) is 8.95. The second kappa shape index (κ2) is 4.86. The van der Waals surface area contributed by atoms with Crippen LogP contribution < -0.4 is 5.73 Å². The smallest absolute Gasteiger partial charge is 0.0917 e. The van der Waals surface area contributed by atoms with Gasteiger partial charge in [-0.2, -0.15) is 0 Å². The quantitative estimate of drug-likeness (QED) is 0.847. The van der Waals surface area contributed by atoms with Gasteiger partial charge in [-0.05, 0) is 13.5 Å². The van der Waals surface area contributed by atoms with E-state index in [-0.39, 0.29) is 0 Å². The first-order chi connectivity index (χ1) is 7.81. The molecule has 82 valence electrons. The first-order valence-corrected chi connectivity index (χ1v) is 5.39. The SMILES string of the molecule is Cc1ncc(CCN)nc1-c1ccccc1. The molecule has 3 nitrogen and oxygen atoms in total. The number of rotatable bonds is 3. The predicted octanol–water partition coefficient (Wildman–Crippen LogP) is 1.95. The van der Waals surface area contributed by atoms with E-state index in [0.717, 1.165) is 29.1 Å². The molecule has 1 aromatic heterocycles. The molecule has 0 spiro atoms. The fourth-order valence-corrected chi connectivity index (χ4v) is 1.62. The van der Waals surface area contributed by atoms with Crippen LogP contribution in [0.1, 0.15) is 11.4 Å². The Morgan fingerprint density at radius 1 is 1.19 bits per heavy atom. The minimum Gasteiger partial charge on any atom is -0.330 e. The zero-order valence-electron chi connectivity index (χ0n) is 9.35. The Bertz CT molecular complexity index is 466. The molecule has 0 aliphatic carbocycles. The van der Waals surface area contributed by atoms with Crippen molar-refractivity contribution in [1.82, 2.24) is 9.97 Å². The predicted molar refractivity (Wildman–Crippen MR) is 65.0 cm³/mol. The minimum atomic E-state index is 0.603. The fraction of sp³-hybridized carbons (Fsp3) is 0.231. The van der Waals surface area contributed by atoms with Gasteiger partial charge in [0.05, 0.1) is 17.1 Å². The highest BCUT2D eigenvalue weighted by molar-refractivity contribution is 5.61. The van der Waals surface area contributed by atoms with Crippen LogP contribution in [0.2, 0.25) is 0 Å². The molecule has 0 fully saturated rings. The molecule has 1 aromatic carbocycles. The summed E-state index contributed by atoms with van der Waals surface area (Å²) in [6.07, 6.45) is 2.57. The summed E-state index contributed by atoms with van der Waals surface area (Å²) in [5.41, 5.74) is 9.47. The van der Waals surface area contributed by atoms with Crippen molar-refractivity contribution in [3.05, 3.63) is 47.9 Å². The molecule has 16 heavy (non-hydrogen) atoms. The van der Waals surface area contributed by atoms with Crippen molar-refractivity contribution >= 4 is 0 Å². The van der Waals surface area contributed by atoms with Crippen LogP contribution >= 0.6 is 0 Å².